The number of benzene rings is 3. The third-order valence-corrected chi connectivity index (χ3v) is 5.13. The molecule has 0 atom stereocenters. The summed E-state index contributed by atoms with van der Waals surface area (Å²) in [4.78, 5) is 0. The van der Waals surface area contributed by atoms with Crippen LogP contribution in [0, 0.1) is 11.3 Å². The Labute approximate surface area is 190 Å². The number of halogens is 1. The minimum atomic E-state index is 0.322. The van der Waals surface area contributed by atoms with Gasteiger partial charge in [-0.15, -0.1) is 0 Å². The molecule has 1 N–H and O–H groups in total. The fourth-order valence-electron chi connectivity index (χ4n) is 2.87. The summed E-state index contributed by atoms with van der Waals surface area (Å²) < 4.78 is 17.2. The van der Waals surface area contributed by atoms with Gasteiger partial charge in [0.15, 0.2) is 11.5 Å². The second-order valence-corrected chi connectivity index (χ2v) is 7.38. The van der Waals surface area contributed by atoms with E-state index in [2.05, 4.69) is 32.5 Å². The lowest BCUT2D eigenvalue weighted by atomic mass is 10.1. The molecule has 0 aromatic heterocycles. The van der Waals surface area contributed by atoms with Crippen molar-refractivity contribution in [1.29, 1.82) is 5.26 Å². The van der Waals surface area contributed by atoms with Crippen molar-refractivity contribution in [2.75, 3.05) is 14.2 Å². The van der Waals surface area contributed by atoms with Gasteiger partial charge in [0.1, 0.15) is 12.4 Å². The van der Waals surface area contributed by atoms with Gasteiger partial charge >= 0.3 is 0 Å². The average Bonchev–Trinajstić information content (AvgIpc) is 2.81. The van der Waals surface area contributed by atoms with Crippen LogP contribution in [0.4, 0.5) is 0 Å². The van der Waals surface area contributed by atoms with Crippen molar-refractivity contribution in [3.8, 4) is 23.3 Å². The highest BCUT2D eigenvalue weighted by atomic mass is 79.9. The Kier molecular flexibility index (Phi) is 7.91. The quantitative estimate of drug-likeness (QED) is 0.343. The third kappa shape index (κ3) is 6.00. The van der Waals surface area contributed by atoms with Gasteiger partial charge < -0.3 is 19.6 Å². The van der Waals surface area contributed by atoms with E-state index in [1.165, 1.54) is 0 Å². The van der Waals surface area contributed by atoms with Gasteiger partial charge in [-0.1, -0.05) is 24.3 Å². The Morgan fingerprint density at radius 3 is 2.52 bits per heavy atom. The van der Waals surface area contributed by atoms with Crippen molar-refractivity contribution in [3.63, 3.8) is 0 Å². The van der Waals surface area contributed by atoms with Crippen molar-refractivity contribution < 1.29 is 14.2 Å². The van der Waals surface area contributed by atoms with Crippen LogP contribution in [0.5, 0.6) is 17.2 Å². The minimum Gasteiger partial charge on any atom is -0.493 e. The van der Waals surface area contributed by atoms with Gasteiger partial charge in [0, 0.05) is 5.56 Å². The topological polar surface area (TPSA) is 75.9 Å². The molecule has 0 unspecified atom stereocenters. The molecule has 7 heteroatoms. The molecule has 0 heterocycles. The summed E-state index contributed by atoms with van der Waals surface area (Å²) in [7, 11) is 3.22. The summed E-state index contributed by atoms with van der Waals surface area (Å²) in [6, 6.07) is 21.0. The fraction of sp³-hybridized carbons (Fsp3) is 0.167. The smallest absolute Gasteiger partial charge is 0.161 e. The molecule has 0 aliphatic rings. The Bertz CT molecular complexity index is 1110. The lowest BCUT2D eigenvalue weighted by molar-refractivity contribution is 0.304. The van der Waals surface area contributed by atoms with E-state index in [9.17, 15) is 5.26 Å². The number of rotatable bonds is 9. The molecule has 3 aromatic rings. The van der Waals surface area contributed by atoms with Gasteiger partial charge in [0.05, 0.1) is 43.1 Å². The van der Waals surface area contributed by atoms with Crippen LogP contribution in [0.2, 0.25) is 0 Å². The third-order valence-electron chi connectivity index (χ3n) is 4.51. The first-order valence-corrected chi connectivity index (χ1v) is 10.3. The van der Waals surface area contributed by atoms with Crippen LogP contribution < -0.4 is 19.6 Å². The fourth-order valence-corrected chi connectivity index (χ4v) is 3.38. The predicted octanol–water partition coefficient (Wildman–Crippen LogP) is 5.04. The largest absolute Gasteiger partial charge is 0.493 e. The highest BCUT2D eigenvalue weighted by Crippen LogP contribution is 2.28. The van der Waals surface area contributed by atoms with E-state index in [1.54, 1.807) is 26.5 Å². The van der Waals surface area contributed by atoms with Gasteiger partial charge in [-0.2, -0.15) is 10.4 Å². The number of hydrazone groups is 1. The molecule has 6 nitrogen and oxygen atoms in total. The average molecular weight is 480 g/mol. The molecule has 0 amide bonds. The van der Waals surface area contributed by atoms with Crippen molar-refractivity contribution >= 4 is 22.1 Å². The van der Waals surface area contributed by atoms with Crippen LogP contribution in [0.25, 0.3) is 0 Å². The molecule has 3 rings (SSSR count). The normalized spacial score (nSPS) is 10.5. The van der Waals surface area contributed by atoms with Gasteiger partial charge in [0.2, 0.25) is 0 Å². The molecule has 158 valence electrons. The van der Waals surface area contributed by atoms with Crippen LogP contribution >= 0.6 is 15.9 Å². The molecular formula is C24H22BrN3O3. The molecule has 0 spiro atoms. The van der Waals surface area contributed by atoms with Crippen molar-refractivity contribution in [3.05, 3.63) is 87.4 Å². The molecule has 3 aromatic carbocycles. The second-order valence-electron chi connectivity index (χ2n) is 6.53. The summed E-state index contributed by atoms with van der Waals surface area (Å²) in [5.41, 5.74) is 6.43. The van der Waals surface area contributed by atoms with Gasteiger partial charge in [-0.25, -0.2) is 0 Å². The van der Waals surface area contributed by atoms with Crippen molar-refractivity contribution in [1.82, 2.24) is 5.43 Å². The summed E-state index contributed by atoms with van der Waals surface area (Å²) >= 11 is 3.53. The summed E-state index contributed by atoms with van der Waals surface area (Å²) in [5.74, 6) is 2.07. The van der Waals surface area contributed by atoms with Crippen LogP contribution in [0.15, 0.2) is 70.2 Å². The molecule has 0 bridgehead atoms. The van der Waals surface area contributed by atoms with E-state index in [0.29, 0.717) is 36.0 Å². The van der Waals surface area contributed by atoms with Gasteiger partial charge in [-0.3, -0.25) is 0 Å². The SMILES string of the molecule is COc1ccc(CN/N=C\c2ccc(OCc3ccccc3C#N)c(Br)c2)cc1OC. The molecule has 31 heavy (non-hydrogen) atoms. The predicted molar refractivity (Wildman–Crippen MR) is 124 cm³/mol. The first-order valence-electron chi connectivity index (χ1n) is 9.51. The molecular weight excluding hydrogens is 458 g/mol. The maximum atomic E-state index is 9.18. The summed E-state index contributed by atoms with van der Waals surface area (Å²) in [6.45, 7) is 0.875. The minimum absolute atomic E-state index is 0.322. The van der Waals surface area contributed by atoms with E-state index in [4.69, 9.17) is 14.2 Å². The van der Waals surface area contributed by atoms with Gasteiger partial charge in [0.25, 0.3) is 0 Å². The number of hydrogen-bond donors (Lipinski definition) is 1. The Hall–Kier alpha value is -3.50. The number of hydrogen-bond acceptors (Lipinski definition) is 6. The number of nitrogens with zero attached hydrogens (tertiary/aromatic N) is 2. The highest BCUT2D eigenvalue weighted by molar-refractivity contribution is 9.10. The highest BCUT2D eigenvalue weighted by Gasteiger charge is 2.06. The number of nitriles is 1. The Morgan fingerprint density at radius 2 is 1.77 bits per heavy atom. The number of nitrogens with one attached hydrogen (secondary N) is 1. The first-order chi connectivity index (χ1) is 15.1. The van der Waals surface area contributed by atoms with Crippen LogP contribution in [-0.4, -0.2) is 20.4 Å². The Morgan fingerprint density at radius 1 is 1.00 bits per heavy atom. The zero-order valence-electron chi connectivity index (χ0n) is 17.3. The van der Waals surface area contributed by atoms with Crippen molar-refractivity contribution in [2.24, 2.45) is 5.10 Å². The lowest BCUT2D eigenvalue weighted by Gasteiger charge is -2.10. The van der Waals surface area contributed by atoms with Crippen molar-refractivity contribution in [2.45, 2.75) is 13.2 Å². The molecule has 0 aliphatic carbocycles. The van der Waals surface area contributed by atoms with E-state index >= 15 is 0 Å². The zero-order valence-corrected chi connectivity index (χ0v) is 18.8. The zero-order chi connectivity index (χ0) is 22.1. The number of ether oxygens (including phenoxy) is 3. The van der Waals surface area contributed by atoms with E-state index in [1.807, 2.05) is 54.6 Å². The van der Waals surface area contributed by atoms with E-state index < -0.39 is 0 Å². The lowest BCUT2D eigenvalue weighted by Crippen LogP contribution is -2.06. The maximum Gasteiger partial charge on any atom is 0.161 e. The van der Waals surface area contributed by atoms with E-state index in [0.717, 1.165) is 21.2 Å². The number of methoxy groups -OCH3 is 2. The summed E-state index contributed by atoms with van der Waals surface area (Å²) in [6.07, 6.45) is 1.74. The second kappa shape index (κ2) is 11.0. The molecule has 0 radical (unpaired) electrons. The van der Waals surface area contributed by atoms with Crippen LogP contribution in [0.3, 0.4) is 0 Å². The molecule has 0 saturated heterocycles. The van der Waals surface area contributed by atoms with Crippen LogP contribution in [0.1, 0.15) is 22.3 Å². The van der Waals surface area contributed by atoms with Crippen LogP contribution in [-0.2, 0) is 13.2 Å². The Balaban J connectivity index is 1.56. The summed E-state index contributed by atoms with van der Waals surface area (Å²) in [5, 5.41) is 13.5. The monoisotopic (exact) mass is 479 g/mol. The standard InChI is InChI=1S/C24H22BrN3O3/c1-29-23-10-8-18(12-24(23)30-2)15-28-27-14-17-7-9-22(21(25)11-17)31-16-20-6-4-3-5-19(20)13-26/h3-12,14,28H,15-16H2,1-2H3/b27-14-. The van der Waals surface area contributed by atoms with E-state index in [-0.39, 0.29) is 0 Å². The van der Waals surface area contributed by atoms with Gasteiger partial charge in [-0.05, 0) is 63.5 Å². The molecule has 0 aliphatic heterocycles. The maximum absolute atomic E-state index is 9.18. The molecule has 0 saturated carbocycles. The first kappa shape index (κ1) is 22.2. The molecule has 0 fully saturated rings.